The van der Waals surface area contributed by atoms with Gasteiger partial charge in [-0.15, -0.1) is 0 Å². The number of benzene rings is 1. The van der Waals surface area contributed by atoms with Crippen LogP contribution < -0.4 is 9.64 Å². The Hall–Kier alpha value is -3.07. The Labute approximate surface area is 146 Å². The number of fused-ring (bicyclic) bond motifs is 1. The first kappa shape index (κ1) is 15.5. The number of nitrogens with zero attached hydrogens (tertiary/aromatic N) is 5. The largest absolute Gasteiger partial charge is 0.490 e. The van der Waals surface area contributed by atoms with E-state index in [1.807, 2.05) is 25.2 Å². The number of nitriles is 1. The van der Waals surface area contributed by atoms with Crippen LogP contribution in [0.1, 0.15) is 18.5 Å². The van der Waals surface area contributed by atoms with Gasteiger partial charge in [0.2, 0.25) is 0 Å². The second kappa shape index (κ2) is 6.44. The lowest BCUT2D eigenvalue weighted by molar-refractivity contribution is 0.173. The molecule has 3 aromatic rings. The summed E-state index contributed by atoms with van der Waals surface area (Å²) in [6, 6.07) is 10.3. The van der Waals surface area contributed by atoms with Crippen molar-refractivity contribution in [1.29, 1.82) is 5.26 Å². The van der Waals surface area contributed by atoms with Crippen LogP contribution in [0.2, 0.25) is 0 Å². The van der Waals surface area contributed by atoms with E-state index in [9.17, 15) is 0 Å². The Bertz CT molecular complexity index is 917. The minimum absolute atomic E-state index is 0.202. The molecule has 0 N–H and O–H groups in total. The average Bonchev–Trinajstić information content (AvgIpc) is 3.05. The fourth-order valence-electron chi connectivity index (χ4n) is 3.30. The highest BCUT2D eigenvalue weighted by Gasteiger charge is 2.22. The Morgan fingerprint density at radius 3 is 2.72 bits per heavy atom. The van der Waals surface area contributed by atoms with E-state index in [0.717, 1.165) is 42.9 Å². The Kier molecular flexibility index (Phi) is 3.98. The quantitative estimate of drug-likeness (QED) is 0.737. The maximum atomic E-state index is 8.81. The molecule has 2 aromatic heterocycles. The number of aryl methyl sites for hydroxylation is 1. The van der Waals surface area contributed by atoms with E-state index < -0.39 is 0 Å². The first-order chi connectivity index (χ1) is 12.2. The van der Waals surface area contributed by atoms with Crippen LogP contribution in [0.15, 0.2) is 42.9 Å². The third-order valence-corrected chi connectivity index (χ3v) is 4.70. The van der Waals surface area contributed by atoms with Crippen molar-refractivity contribution in [3.8, 4) is 11.8 Å². The normalized spacial score (nSPS) is 15.3. The zero-order valence-corrected chi connectivity index (χ0v) is 14.1. The van der Waals surface area contributed by atoms with E-state index in [4.69, 9.17) is 10.00 Å². The van der Waals surface area contributed by atoms with Gasteiger partial charge in [0.25, 0.3) is 0 Å². The van der Waals surface area contributed by atoms with Crippen molar-refractivity contribution in [1.82, 2.24) is 14.5 Å². The molecule has 1 aliphatic rings. The van der Waals surface area contributed by atoms with Crippen LogP contribution in [0.5, 0.6) is 5.75 Å². The van der Waals surface area contributed by atoms with E-state index in [1.54, 1.807) is 6.20 Å². The van der Waals surface area contributed by atoms with E-state index >= 15 is 0 Å². The minimum Gasteiger partial charge on any atom is -0.490 e. The topological polar surface area (TPSA) is 67.0 Å². The molecule has 4 rings (SSSR count). The van der Waals surface area contributed by atoms with Crippen LogP contribution in [0.3, 0.4) is 0 Å². The van der Waals surface area contributed by atoms with Gasteiger partial charge in [-0.3, -0.25) is 0 Å². The molecule has 1 aromatic carbocycles. The Balaban J connectivity index is 1.42. The molecule has 0 radical (unpaired) electrons. The predicted octanol–water partition coefficient (Wildman–Crippen LogP) is 2.89. The van der Waals surface area contributed by atoms with Crippen LogP contribution in [0, 0.1) is 11.3 Å². The first-order valence-electron chi connectivity index (χ1n) is 8.42. The van der Waals surface area contributed by atoms with E-state index in [-0.39, 0.29) is 6.10 Å². The molecular formula is C19H19N5O. The molecule has 1 aliphatic heterocycles. The van der Waals surface area contributed by atoms with Crippen LogP contribution in [-0.4, -0.2) is 33.7 Å². The van der Waals surface area contributed by atoms with Crippen LogP contribution >= 0.6 is 0 Å². The molecule has 6 nitrogen and oxygen atoms in total. The van der Waals surface area contributed by atoms with E-state index in [2.05, 4.69) is 37.8 Å². The summed E-state index contributed by atoms with van der Waals surface area (Å²) in [7, 11) is 2.04. The lowest BCUT2D eigenvalue weighted by atomic mass is 10.1. The molecule has 0 spiro atoms. The highest BCUT2D eigenvalue weighted by atomic mass is 16.5. The van der Waals surface area contributed by atoms with E-state index in [0.29, 0.717) is 5.69 Å². The maximum Gasteiger partial charge on any atom is 0.158 e. The molecule has 0 bridgehead atoms. The zero-order chi connectivity index (χ0) is 17.2. The summed E-state index contributed by atoms with van der Waals surface area (Å²) < 4.78 is 8.39. The number of anilines is 1. The number of ether oxygens (including phenoxy) is 1. The number of hydrogen-bond acceptors (Lipinski definition) is 5. The summed E-state index contributed by atoms with van der Waals surface area (Å²) >= 11 is 0. The van der Waals surface area contributed by atoms with E-state index in [1.165, 1.54) is 11.7 Å². The van der Waals surface area contributed by atoms with Gasteiger partial charge in [0.1, 0.15) is 23.7 Å². The van der Waals surface area contributed by atoms with Crippen LogP contribution in [0.25, 0.3) is 10.9 Å². The molecule has 1 saturated heterocycles. The summed E-state index contributed by atoms with van der Waals surface area (Å²) in [4.78, 5) is 10.6. The smallest absolute Gasteiger partial charge is 0.158 e. The van der Waals surface area contributed by atoms with Crippen molar-refractivity contribution in [3.05, 3.63) is 48.5 Å². The number of rotatable bonds is 3. The number of aromatic nitrogens is 3. The molecule has 25 heavy (non-hydrogen) atoms. The Morgan fingerprint density at radius 2 is 2.00 bits per heavy atom. The van der Waals surface area contributed by atoms with Gasteiger partial charge in [0.15, 0.2) is 5.69 Å². The van der Waals surface area contributed by atoms with Gasteiger partial charge in [-0.1, -0.05) is 6.07 Å². The summed E-state index contributed by atoms with van der Waals surface area (Å²) in [6.45, 7) is 1.74. The number of piperidine rings is 1. The molecule has 0 aliphatic carbocycles. The first-order valence-corrected chi connectivity index (χ1v) is 8.42. The van der Waals surface area contributed by atoms with Crippen molar-refractivity contribution in [2.75, 3.05) is 18.0 Å². The van der Waals surface area contributed by atoms with Gasteiger partial charge in [-0.05, 0) is 18.2 Å². The monoisotopic (exact) mass is 333 g/mol. The van der Waals surface area contributed by atoms with Gasteiger partial charge in [-0.2, -0.15) is 5.26 Å². The van der Waals surface area contributed by atoms with Crippen molar-refractivity contribution in [2.24, 2.45) is 7.05 Å². The molecule has 6 heteroatoms. The predicted molar refractivity (Wildman–Crippen MR) is 95.5 cm³/mol. The molecule has 3 heterocycles. The lowest BCUT2D eigenvalue weighted by Crippen LogP contribution is -2.38. The second-order valence-corrected chi connectivity index (χ2v) is 6.29. The van der Waals surface area contributed by atoms with Gasteiger partial charge in [0, 0.05) is 44.6 Å². The van der Waals surface area contributed by atoms with Gasteiger partial charge >= 0.3 is 0 Å². The Morgan fingerprint density at radius 1 is 1.16 bits per heavy atom. The fraction of sp³-hybridized carbons (Fsp3) is 0.316. The van der Waals surface area contributed by atoms with Crippen molar-refractivity contribution in [3.63, 3.8) is 0 Å². The maximum absolute atomic E-state index is 8.81. The van der Waals surface area contributed by atoms with Crippen molar-refractivity contribution >= 4 is 16.7 Å². The highest BCUT2D eigenvalue weighted by molar-refractivity contribution is 5.86. The fourth-order valence-corrected chi connectivity index (χ4v) is 3.30. The summed E-state index contributed by atoms with van der Waals surface area (Å²) in [6.07, 6.45) is 7.33. The molecule has 0 atom stereocenters. The van der Waals surface area contributed by atoms with Gasteiger partial charge in [-0.25, -0.2) is 9.97 Å². The molecule has 126 valence electrons. The SMILES string of the molecule is Cn1ccc2c(OC3CCN(c4cnc(C#N)cn4)CC3)cccc21. The van der Waals surface area contributed by atoms with Crippen molar-refractivity contribution < 1.29 is 4.74 Å². The zero-order valence-electron chi connectivity index (χ0n) is 14.1. The molecule has 0 saturated carbocycles. The number of hydrogen-bond donors (Lipinski definition) is 0. The second-order valence-electron chi connectivity index (χ2n) is 6.29. The van der Waals surface area contributed by atoms with Crippen molar-refractivity contribution in [2.45, 2.75) is 18.9 Å². The minimum atomic E-state index is 0.202. The summed E-state index contributed by atoms with van der Waals surface area (Å²) in [5.41, 5.74) is 1.53. The molecular weight excluding hydrogens is 314 g/mol. The molecule has 0 unspecified atom stereocenters. The third-order valence-electron chi connectivity index (χ3n) is 4.70. The molecule has 1 fully saturated rings. The lowest BCUT2D eigenvalue weighted by Gasteiger charge is -2.32. The van der Waals surface area contributed by atoms with Gasteiger partial charge < -0.3 is 14.2 Å². The summed E-state index contributed by atoms with van der Waals surface area (Å²) in [5.74, 6) is 1.78. The van der Waals surface area contributed by atoms with Crippen LogP contribution in [-0.2, 0) is 7.05 Å². The molecule has 0 amide bonds. The third kappa shape index (κ3) is 3.01. The van der Waals surface area contributed by atoms with Gasteiger partial charge in [0.05, 0.1) is 17.9 Å². The standard InChI is InChI=1S/C19H19N5O/c1-23-8-7-16-17(23)3-2-4-18(16)25-15-5-9-24(10-6-15)19-13-21-14(11-20)12-22-19/h2-4,7-8,12-13,15H,5-6,9-10H2,1H3. The highest BCUT2D eigenvalue weighted by Crippen LogP contribution is 2.29. The average molecular weight is 333 g/mol. The van der Waals surface area contributed by atoms with Crippen LogP contribution in [0.4, 0.5) is 5.82 Å². The summed E-state index contributed by atoms with van der Waals surface area (Å²) in [5, 5.41) is 9.96.